The summed E-state index contributed by atoms with van der Waals surface area (Å²) in [7, 11) is 0. The second-order valence-corrected chi connectivity index (χ2v) is 6.31. The molecule has 0 radical (unpaired) electrons. The van der Waals surface area contributed by atoms with Gasteiger partial charge in [0.1, 0.15) is 12.4 Å². The van der Waals surface area contributed by atoms with Gasteiger partial charge in [-0.1, -0.05) is 29.8 Å². The van der Waals surface area contributed by atoms with Crippen molar-refractivity contribution in [2.75, 3.05) is 0 Å². The van der Waals surface area contributed by atoms with E-state index >= 15 is 0 Å². The molecule has 1 aromatic carbocycles. The van der Waals surface area contributed by atoms with Crippen molar-refractivity contribution in [2.45, 2.75) is 40.0 Å². The first-order chi connectivity index (χ1) is 10.1. The van der Waals surface area contributed by atoms with Crippen molar-refractivity contribution in [3.05, 3.63) is 57.8 Å². The highest BCUT2D eigenvalue weighted by molar-refractivity contribution is 9.10. The molecule has 2 aromatic rings. The number of aryl methyl sites for hydroxylation is 1. The van der Waals surface area contributed by atoms with E-state index < -0.39 is 0 Å². The van der Waals surface area contributed by atoms with Crippen molar-refractivity contribution < 1.29 is 4.74 Å². The predicted octanol–water partition coefficient (Wildman–Crippen LogP) is 4.23. The number of halogens is 1. The summed E-state index contributed by atoms with van der Waals surface area (Å²) < 4.78 is 7.13. The molecular weight excluding hydrogens is 328 g/mol. The standard InChI is InChI=1S/C17H21BrN2O/c1-12(2)20-10-15-9-16(18)8-13(3)17(15)21-11-14-4-6-19-7-5-14/h4-9,12,20H,10-11H2,1-3H3. The molecule has 1 aromatic heterocycles. The molecule has 0 unspecified atom stereocenters. The molecule has 0 saturated heterocycles. The SMILES string of the molecule is Cc1cc(Br)cc(CNC(C)C)c1OCc1ccncc1. The number of hydrogen-bond acceptors (Lipinski definition) is 3. The zero-order chi connectivity index (χ0) is 15.2. The lowest BCUT2D eigenvalue weighted by Crippen LogP contribution is -2.22. The van der Waals surface area contributed by atoms with Crippen LogP contribution in [0.3, 0.4) is 0 Å². The van der Waals surface area contributed by atoms with Crippen molar-refractivity contribution in [1.29, 1.82) is 0 Å². The van der Waals surface area contributed by atoms with Crippen LogP contribution in [0.2, 0.25) is 0 Å². The summed E-state index contributed by atoms with van der Waals surface area (Å²) in [6, 6.07) is 8.59. The first-order valence-corrected chi connectivity index (χ1v) is 7.89. The van der Waals surface area contributed by atoms with Gasteiger partial charge in [-0.2, -0.15) is 0 Å². The molecule has 21 heavy (non-hydrogen) atoms. The topological polar surface area (TPSA) is 34.1 Å². The van der Waals surface area contributed by atoms with Gasteiger partial charge in [0.15, 0.2) is 0 Å². The van der Waals surface area contributed by atoms with E-state index in [0.717, 1.165) is 27.9 Å². The molecule has 3 nitrogen and oxygen atoms in total. The van der Waals surface area contributed by atoms with Gasteiger partial charge >= 0.3 is 0 Å². The van der Waals surface area contributed by atoms with Gasteiger partial charge in [-0.3, -0.25) is 4.98 Å². The van der Waals surface area contributed by atoms with E-state index in [9.17, 15) is 0 Å². The monoisotopic (exact) mass is 348 g/mol. The van der Waals surface area contributed by atoms with Crippen LogP contribution in [0, 0.1) is 6.92 Å². The summed E-state index contributed by atoms with van der Waals surface area (Å²) in [5, 5.41) is 3.44. The van der Waals surface area contributed by atoms with Gasteiger partial charge in [0.2, 0.25) is 0 Å². The molecule has 0 bridgehead atoms. The third-order valence-electron chi connectivity index (χ3n) is 3.15. The Kier molecular flexibility index (Phi) is 5.76. The Labute approximate surface area is 134 Å². The van der Waals surface area contributed by atoms with Crippen LogP contribution in [-0.4, -0.2) is 11.0 Å². The van der Waals surface area contributed by atoms with Crippen LogP contribution in [0.5, 0.6) is 5.75 Å². The van der Waals surface area contributed by atoms with Crippen LogP contribution in [-0.2, 0) is 13.2 Å². The minimum atomic E-state index is 0.442. The minimum Gasteiger partial charge on any atom is -0.488 e. The number of benzene rings is 1. The molecular formula is C17H21BrN2O. The zero-order valence-electron chi connectivity index (χ0n) is 12.7. The molecule has 0 atom stereocenters. The highest BCUT2D eigenvalue weighted by Gasteiger charge is 2.10. The normalized spacial score (nSPS) is 10.9. The van der Waals surface area contributed by atoms with E-state index in [1.54, 1.807) is 12.4 Å². The van der Waals surface area contributed by atoms with Crippen molar-refractivity contribution in [1.82, 2.24) is 10.3 Å². The smallest absolute Gasteiger partial charge is 0.127 e. The van der Waals surface area contributed by atoms with Crippen LogP contribution >= 0.6 is 15.9 Å². The summed E-state index contributed by atoms with van der Waals surface area (Å²) >= 11 is 3.56. The van der Waals surface area contributed by atoms with Crippen LogP contribution in [0.15, 0.2) is 41.1 Å². The van der Waals surface area contributed by atoms with Gasteiger partial charge in [-0.05, 0) is 42.3 Å². The van der Waals surface area contributed by atoms with Crippen molar-refractivity contribution in [3.8, 4) is 5.75 Å². The van der Waals surface area contributed by atoms with Crippen molar-refractivity contribution in [3.63, 3.8) is 0 Å². The van der Waals surface area contributed by atoms with E-state index in [4.69, 9.17) is 4.74 Å². The molecule has 1 heterocycles. The number of ether oxygens (including phenoxy) is 1. The fourth-order valence-corrected chi connectivity index (χ4v) is 2.71. The van der Waals surface area contributed by atoms with E-state index in [0.29, 0.717) is 12.6 Å². The lowest BCUT2D eigenvalue weighted by atomic mass is 10.1. The number of rotatable bonds is 6. The molecule has 4 heteroatoms. The van der Waals surface area contributed by atoms with Crippen LogP contribution in [0.25, 0.3) is 0 Å². The molecule has 112 valence electrons. The molecule has 0 fully saturated rings. The van der Waals surface area contributed by atoms with Crippen LogP contribution in [0.4, 0.5) is 0 Å². The van der Waals surface area contributed by atoms with Gasteiger partial charge < -0.3 is 10.1 Å². The van der Waals surface area contributed by atoms with Gasteiger partial charge in [0.05, 0.1) is 0 Å². The molecule has 0 aliphatic heterocycles. The summed E-state index contributed by atoms with van der Waals surface area (Å²) in [6.07, 6.45) is 3.57. The molecule has 0 amide bonds. The highest BCUT2D eigenvalue weighted by atomic mass is 79.9. The third-order valence-corrected chi connectivity index (χ3v) is 3.61. The number of pyridine rings is 1. The van der Waals surface area contributed by atoms with Crippen molar-refractivity contribution in [2.24, 2.45) is 0 Å². The Hall–Kier alpha value is -1.39. The van der Waals surface area contributed by atoms with Crippen LogP contribution < -0.4 is 10.1 Å². The van der Waals surface area contributed by atoms with Gasteiger partial charge in [0.25, 0.3) is 0 Å². The quantitative estimate of drug-likeness (QED) is 0.848. The largest absolute Gasteiger partial charge is 0.488 e. The first kappa shape index (κ1) is 16.0. The maximum Gasteiger partial charge on any atom is 0.127 e. The molecule has 0 aliphatic carbocycles. The Morgan fingerprint density at radius 3 is 2.62 bits per heavy atom. The lowest BCUT2D eigenvalue weighted by molar-refractivity contribution is 0.299. The Balaban J connectivity index is 2.16. The average molecular weight is 349 g/mol. The van der Waals surface area contributed by atoms with Crippen LogP contribution in [0.1, 0.15) is 30.5 Å². The van der Waals surface area contributed by atoms with Gasteiger partial charge in [0, 0.05) is 35.0 Å². The van der Waals surface area contributed by atoms with E-state index in [1.807, 2.05) is 12.1 Å². The maximum absolute atomic E-state index is 6.05. The number of nitrogens with one attached hydrogen (secondary N) is 1. The Morgan fingerprint density at radius 1 is 1.24 bits per heavy atom. The number of hydrogen-bond donors (Lipinski definition) is 1. The van der Waals surface area contributed by atoms with E-state index in [1.165, 1.54) is 5.56 Å². The molecule has 0 saturated carbocycles. The van der Waals surface area contributed by atoms with Crippen molar-refractivity contribution >= 4 is 15.9 Å². The average Bonchev–Trinajstić information content (AvgIpc) is 2.45. The number of nitrogens with zero attached hydrogens (tertiary/aromatic N) is 1. The Morgan fingerprint density at radius 2 is 1.95 bits per heavy atom. The summed E-state index contributed by atoms with van der Waals surface area (Å²) in [5.74, 6) is 0.961. The minimum absolute atomic E-state index is 0.442. The fraction of sp³-hybridized carbons (Fsp3) is 0.353. The summed E-state index contributed by atoms with van der Waals surface area (Å²) in [4.78, 5) is 4.02. The molecule has 2 rings (SSSR count). The molecule has 1 N–H and O–H groups in total. The first-order valence-electron chi connectivity index (χ1n) is 7.10. The summed E-state index contributed by atoms with van der Waals surface area (Å²) in [6.45, 7) is 7.71. The zero-order valence-corrected chi connectivity index (χ0v) is 14.3. The number of aromatic nitrogens is 1. The fourth-order valence-electron chi connectivity index (χ4n) is 2.09. The summed E-state index contributed by atoms with van der Waals surface area (Å²) in [5.41, 5.74) is 3.43. The highest BCUT2D eigenvalue weighted by Crippen LogP contribution is 2.29. The van der Waals surface area contributed by atoms with E-state index in [-0.39, 0.29) is 0 Å². The Bertz CT molecular complexity index is 585. The lowest BCUT2D eigenvalue weighted by Gasteiger charge is -2.16. The maximum atomic E-state index is 6.05. The molecule has 0 aliphatic rings. The predicted molar refractivity (Wildman–Crippen MR) is 89.4 cm³/mol. The second kappa shape index (κ2) is 7.57. The van der Waals surface area contributed by atoms with Gasteiger partial charge in [-0.15, -0.1) is 0 Å². The second-order valence-electron chi connectivity index (χ2n) is 5.39. The third kappa shape index (κ3) is 4.83. The van der Waals surface area contributed by atoms with Gasteiger partial charge in [-0.25, -0.2) is 0 Å². The van der Waals surface area contributed by atoms with E-state index in [2.05, 4.69) is 59.1 Å². The molecule has 0 spiro atoms.